The number of carbonyl (C=O) groups excluding carboxylic acids is 2. The first-order valence-electron chi connectivity index (χ1n) is 12.9. The van der Waals surface area contributed by atoms with E-state index >= 15 is 0 Å². The maximum atomic E-state index is 13.2. The quantitative estimate of drug-likeness (QED) is 0.361. The van der Waals surface area contributed by atoms with E-state index in [1.807, 2.05) is 36.2 Å². The molecule has 204 valence electrons. The molecule has 9 heteroatoms. The van der Waals surface area contributed by atoms with Crippen molar-refractivity contribution < 1.29 is 22.7 Å². The van der Waals surface area contributed by atoms with Gasteiger partial charge >= 0.3 is 5.97 Å². The number of hydrazine groups is 1. The Morgan fingerprint density at radius 2 is 1.64 bits per heavy atom. The summed E-state index contributed by atoms with van der Waals surface area (Å²) in [6.45, 7) is 4.83. The Morgan fingerprint density at radius 1 is 0.974 bits per heavy atom. The maximum absolute atomic E-state index is 13.2. The fourth-order valence-corrected chi connectivity index (χ4v) is 5.85. The minimum atomic E-state index is -4.13. The summed E-state index contributed by atoms with van der Waals surface area (Å²) in [4.78, 5) is 25.1. The van der Waals surface area contributed by atoms with Crippen LogP contribution in [-0.4, -0.2) is 45.0 Å². The molecular weight excluding hydrogens is 514 g/mol. The number of carbonyl (C=O) groups is 2. The Balaban J connectivity index is 1.60. The highest BCUT2D eigenvalue weighted by Crippen LogP contribution is 2.30. The molecule has 3 aromatic rings. The summed E-state index contributed by atoms with van der Waals surface area (Å²) >= 11 is 0. The molecule has 0 saturated heterocycles. The van der Waals surface area contributed by atoms with E-state index in [0.717, 1.165) is 30.6 Å². The van der Waals surface area contributed by atoms with Gasteiger partial charge in [0.2, 0.25) is 0 Å². The second-order valence-corrected chi connectivity index (χ2v) is 11.0. The van der Waals surface area contributed by atoms with Crippen LogP contribution in [0.25, 0.3) is 11.1 Å². The monoisotopic (exact) mass is 547 g/mol. The van der Waals surface area contributed by atoms with E-state index in [1.165, 1.54) is 13.2 Å². The van der Waals surface area contributed by atoms with E-state index in [2.05, 4.69) is 17.1 Å². The van der Waals surface area contributed by atoms with Crippen molar-refractivity contribution in [1.82, 2.24) is 15.2 Å². The number of hydrogen-bond donors (Lipinski definition) is 2. The van der Waals surface area contributed by atoms with Gasteiger partial charge in [0.1, 0.15) is 0 Å². The predicted molar refractivity (Wildman–Crippen MR) is 150 cm³/mol. The summed E-state index contributed by atoms with van der Waals surface area (Å²) in [6, 6.07) is 22.2. The largest absolute Gasteiger partial charge is 0.466 e. The van der Waals surface area contributed by atoms with Gasteiger partial charge in [-0.05, 0) is 42.7 Å². The minimum absolute atomic E-state index is 0.0114. The maximum Gasteiger partial charge on any atom is 0.337 e. The molecule has 8 nitrogen and oxygen atoms in total. The Hall–Kier alpha value is -3.95. The second kappa shape index (κ2) is 12.3. The molecule has 2 N–H and O–H groups in total. The summed E-state index contributed by atoms with van der Waals surface area (Å²) in [5.74, 6) is -1.04. The van der Waals surface area contributed by atoms with Crippen LogP contribution < -0.4 is 10.1 Å². The number of sulfonamides is 1. The summed E-state index contributed by atoms with van der Waals surface area (Å²) in [5, 5.41) is 2.03. The lowest BCUT2D eigenvalue weighted by Gasteiger charge is -2.23. The molecule has 0 fully saturated rings. The van der Waals surface area contributed by atoms with Crippen molar-refractivity contribution in [2.75, 3.05) is 13.7 Å². The summed E-state index contributed by atoms with van der Waals surface area (Å²) in [7, 11) is -2.74. The molecule has 0 aliphatic carbocycles. The van der Waals surface area contributed by atoms with Gasteiger partial charge in [0, 0.05) is 29.8 Å². The van der Waals surface area contributed by atoms with Gasteiger partial charge in [-0.25, -0.2) is 23.4 Å². The summed E-state index contributed by atoms with van der Waals surface area (Å²) in [5.41, 5.74) is 7.25. The molecule has 1 unspecified atom stereocenters. The van der Waals surface area contributed by atoms with Crippen molar-refractivity contribution in [3.63, 3.8) is 0 Å². The Bertz CT molecular complexity index is 1470. The number of esters is 1. The number of methoxy groups -OCH3 is 1. The van der Waals surface area contributed by atoms with Crippen LogP contribution in [0.1, 0.15) is 42.6 Å². The SMILES string of the molecule is CCCCN1NC(C)C(C(=O)OC)=C1Cc1ccc(-c2ccccc2S(=O)(=O)NC(=O)c2ccccc2)cc1. The second-order valence-electron chi connectivity index (χ2n) is 9.38. The highest BCUT2D eigenvalue weighted by atomic mass is 32.2. The fourth-order valence-electron chi connectivity index (χ4n) is 4.64. The summed E-state index contributed by atoms with van der Waals surface area (Å²) in [6.07, 6.45) is 2.51. The molecule has 0 aromatic heterocycles. The molecule has 1 aliphatic rings. The average molecular weight is 548 g/mol. The highest BCUT2D eigenvalue weighted by Gasteiger charge is 2.33. The fraction of sp³-hybridized carbons (Fsp3) is 0.267. The molecule has 1 amide bonds. The number of unbranched alkanes of at least 4 members (excludes halogenated alkanes) is 1. The van der Waals surface area contributed by atoms with Crippen LogP contribution in [0, 0.1) is 0 Å². The van der Waals surface area contributed by atoms with E-state index in [0.29, 0.717) is 23.1 Å². The zero-order valence-electron chi connectivity index (χ0n) is 22.3. The van der Waals surface area contributed by atoms with E-state index in [1.54, 1.807) is 48.5 Å². The van der Waals surface area contributed by atoms with E-state index < -0.39 is 15.9 Å². The van der Waals surface area contributed by atoms with Gasteiger partial charge < -0.3 is 9.75 Å². The van der Waals surface area contributed by atoms with Crippen LogP contribution >= 0.6 is 0 Å². The topological polar surface area (TPSA) is 105 Å². The van der Waals surface area contributed by atoms with Gasteiger partial charge in [0.25, 0.3) is 15.9 Å². The molecule has 0 spiro atoms. The highest BCUT2D eigenvalue weighted by molar-refractivity contribution is 7.90. The summed E-state index contributed by atoms with van der Waals surface area (Å²) < 4.78 is 33.6. The van der Waals surface area contributed by atoms with Crippen molar-refractivity contribution >= 4 is 21.9 Å². The number of rotatable bonds is 10. The number of ether oxygens (including phenoxy) is 1. The predicted octanol–water partition coefficient (Wildman–Crippen LogP) is 4.45. The smallest absolute Gasteiger partial charge is 0.337 e. The first-order valence-corrected chi connectivity index (χ1v) is 14.4. The minimum Gasteiger partial charge on any atom is -0.466 e. The zero-order chi connectivity index (χ0) is 28.0. The van der Waals surface area contributed by atoms with Crippen LogP contribution in [0.3, 0.4) is 0 Å². The lowest BCUT2D eigenvalue weighted by atomic mass is 9.99. The third-order valence-electron chi connectivity index (χ3n) is 6.64. The van der Waals surface area contributed by atoms with Gasteiger partial charge in [0.05, 0.1) is 23.6 Å². The number of nitrogens with zero attached hydrogens (tertiary/aromatic N) is 1. The lowest BCUT2D eigenvalue weighted by Crippen LogP contribution is -2.37. The number of nitrogens with one attached hydrogen (secondary N) is 2. The molecule has 0 saturated carbocycles. The van der Waals surface area contributed by atoms with Gasteiger partial charge in [-0.15, -0.1) is 0 Å². The molecule has 1 atom stereocenters. The molecule has 1 heterocycles. The first kappa shape index (κ1) is 28.1. The standard InChI is InChI=1S/C30H33N3O5S/c1-4-5-19-33-26(28(21(2)31-33)30(35)38-3)20-22-15-17-23(18-16-22)25-13-9-10-14-27(25)39(36,37)32-29(34)24-11-7-6-8-12-24/h6-18,21,31H,4-5,19-20H2,1-3H3,(H,32,34). The van der Waals surface area contributed by atoms with Gasteiger partial charge in [-0.3, -0.25) is 4.79 Å². The third kappa shape index (κ3) is 6.38. The molecule has 4 rings (SSSR count). The molecule has 3 aromatic carbocycles. The first-order chi connectivity index (χ1) is 18.7. The van der Waals surface area contributed by atoms with E-state index in [9.17, 15) is 18.0 Å². The van der Waals surface area contributed by atoms with Crippen molar-refractivity contribution in [2.45, 2.75) is 44.0 Å². The number of hydrogen-bond acceptors (Lipinski definition) is 7. The Morgan fingerprint density at radius 3 is 2.31 bits per heavy atom. The zero-order valence-corrected chi connectivity index (χ0v) is 23.1. The van der Waals surface area contributed by atoms with Crippen molar-refractivity contribution in [2.24, 2.45) is 0 Å². The molecule has 1 aliphatic heterocycles. The van der Waals surface area contributed by atoms with Crippen LogP contribution in [0.15, 0.2) is 95.0 Å². The average Bonchev–Trinajstić information content (AvgIpc) is 3.26. The van der Waals surface area contributed by atoms with Crippen LogP contribution in [0.4, 0.5) is 0 Å². The van der Waals surface area contributed by atoms with Crippen LogP contribution in [-0.2, 0) is 26.0 Å². The van der Waals surface area contributed by atoms with Crippen molar-refractivity contribution in [3.05, 3.63) is 101 Å². The molecule has 39 heavy (non-hydrogen) atoms. The molecule has 0 radical (unpaired) electrons. The number of amides is 1. The molecular formula is C30H33N3O5S. The van der Waals surface area contributed by atoms with Gasteiger partial charge in [-0.1, -0.05) is 74.0 Å². The van der Waals surface area contributed by atoms with Crippen molar-refractivity contribution in [1.29, 1.82) is 0 Å². The van der Waals surface area contributed by atoms with Crippen LogP contribution in [0.5, 0.6) is 0 Å². The van der Waals surface area contributed by atoms with Crippen molar-refractivity contribution in [3.8, 4) is 11.1 Å². The van der Waals surface area contributed by atoms with E-state index in [-0.39, 0.29) is 22.5 Å². The normalized spacial score (nSPS) is 15.4. The van der Waals surface area contributed by atoms with Gasteiger partial charge in [-0.2, -0.15) is 0 Å². The molecule has 0 bridgehead atoms. The Labute approximate surface area is 229 Å². The van der Waals surface area contributed by atoms with Gasteiger partial charge in [0.15, 0.2) is 0 Å². The van der Waals surface area contributed by atoms with Crippen LogP contribution in [0.2, 0.25) is 0 Å². The Kier molecular flexibility index (Phi) is 8.83. The van der Waals surface area contributed by atoms with E-state index in [4.69, 9.17) is 4.74 Å². The lowest BCUT2D eigenvalue weighted by molar-refractivity contribution is -0.136. The number of allylic oxidation sites excluding steroid dienone is 1. The third-order valence-corrected chi connectivity index (χ3v) is 8.03. The number of benzene rings is 3.